The number of amides is 3. The molecule has 3 amide bonds. The van der Waals surface area contributed by atoms with Gasteiger partial charge >= 0.3 is 0 Å². The minimum absolute atomic E-state index is 0.0247. The van der Waals surface area contributed by atoms with Crippen LogP contribution in [0.3, 0.4) is 0 Å². The summed E-state index contributed by atoms with van der Waals surface area (Å²) in [5.74, 6) is -5.81. The van der Waals surface area contributed by atoms with Crippen molar-refractivity contribution < 1.29 is 33.4 Å². The standard InChI is InChI=1S/C28H33F2N3O5/c1-16(2)14-33-26(38)23-27(33,4)28(29,30)15-32(23)25(37)22(35)20(13-18-9-6-5-7-10-18)31-24(36)19-11-8-12-21(34)17(19)3/h5-12,16,20,22-23,34-35H,13-15H2,1-4H3,(H,31,36)/t20-,22-,23+,27?/m0/s1. The Kier molecular flexibility index (Phi) is 7.22. The van der Waals surface area contributed by atoms with Gasteiger partial charge in [0.25, 0.3) is 17.7 Å². The topological polar surface area (TPSA) is 110 Å². The molecule has 0 spiro atoms. The molecule has 0 aromatic heterocycles. The van der Waals surface area contributed by atoms with Crippen molar-refractivity contribution in [2.75, 3.05) is 13.1 Å². The second-order valence-electron chi connectivity index (χ2n) is 10.7. The summed E-state index contributed by atoms with van der Waals surface area (Å²) in [6, 6.07) is 10.6. The number of carbonyl (C=O) groups is 3. The van der Waals surface area contributed by atoms with E-state index in [4.69, 9.17) is 0 Å². The first kappa shape index (κ1) is 27.5. The van der Waals surface area contributed by atoms with Gasteiger partial charge in [-0.05, 0) is 43.9 Å². The highest BCUT2D eigenvalue weighted by atomic mass is 19.3. The SMILES string of the molecule is Cc1c(O)cccc1C(=O)N[C@@H](Cc1ccccc1)[C@H](O)C(=O)N1CC(F)(F)C2(C)[C@H]1C(=O)N2CC(C)C. The van der Waals surface area contributed by atoms with Gasteiger partial charge in [-0.25, -0.2) is 8.78 Å². The summed E-state index contributed by atoms with van der Waals surface area (Å²) in [4.78, 5) is 41.4. The van der Waals surface area contributed by atoms with Gasteiger partial charge in [0.05, 0.1) is 12.6 Å². The minimum atomic E-state index is -3.38. The van der Waals surface area contributed by atoms with Crippen LogP contribution in [0.1, 0.15) is 42.3 Å². The molecule has 3 N–H and O–H groups in total. The highest BCUT2D eigenvalue weighted by Crippen LogP contribution is 2.52. The highest BCUT2D eigenvalue weighted by Gasteiger charge is 2.77. The Balaban J connectivity index is 1.61. The number of nitrogens with one attached hydrogen (secondary N) is 1. The molecule has 0 saturated carbocycles. The molecule has 4 atom stereocenters. The van der Waals surface area contributed by atoms with E-state index in [9.17, 15) is 24.6 Å². The molecule has 10 heteroatoms. The van der Waals surface area contributed by atoms with Crippen LogP contribution in [0, 0.1) is 12.8 Å². The van der Waals surface area contributed by atoms with E-state index < -0.39 is 53.9 Å². The highest BCUT2D eigenvalue weighted by molar-refractivity contribution is 5.99. The number of rotatable bonds is 8. The first-order valence-corrected chi connectivity index (χ1v) is 12.6. The van der Waals surface area contributed by atoms with Crippen LogP contribution in [-0.4, -0.2) is 80.5 Å². The second kappa shape index (κ2) is 9.98. The second-order valence-corrected chi connectivity index (χ2v) is 10.7. The van der Waals surface area contributed by atoms with Gasteiger partial charge in [0.15, 0.2) is 6.10 Å². The summed E-state index contributed by atoms with van der Waals surface area (Å²) in [5, 5.41) is 23.8. The Hall–Kier alpha value is -3.53. The first-order chi connectivity index (χ1) is 17.8. The minimum Gasteiger partial charge on any atom is -0.508 e. The third kappa shape index (κ3) is 4.51. The molecule has 0 aliphatic carbocycles. The van der Waals surface area contributed by atoms with Crippen LogP contribution in [0.25, 0.3) is 0 Å². The number of likely N-dealkylation sites (tertiary alicyclic amines) is 2. The molecule has 2 aromatic carbocycles. The average Bonchev–Trinajstić information content (AvgIpc) is 3.06. The monoisotopic (exact) mass is 529 g/mol. The number of benzene rings is 2. The molecule has 2 aromatic rings. The van der Waals surface area contributed by atoms with Gasteiger partial charge in [0.1, 0.15) is 17.3 Å². The van der Waals surface area contributed by atoms with Crippen LogP contribution in [-0.2, 0) is 16.0 Å². The van der Waals surface area contributed by atoms with E-state index in [0.29, 0.717) is 11.1 Å². The van der Waals surface area contributed by atoms with Gasteiger partial charge in [-0.2, -0.15) is 0 Å². The fourth-order valence-corrected chi connectivity index (χ4v) is 5.42. The molecule has 204 valence electrons. The van der Waals surface area contributed by atoms with Crippen molar-refractivity contribution in [2.24, 2.45) is 5.92 Å². The maximum Gasteiger partial charge on any atom is 0.290 e. The molecule has 1 unspecified atom stereocenters. The number of halogens is 2. The lowest BCUT2D eigenvalue weighted by atomic mass is 9.77. The lowest BCUT2D eigenvalue weighted by Crippen LogP contribution is -2.79. The van der Waals surface area contributed by atoms with E-state index in [-0.39, 0.29) is 30.2 Å². The summed E-state index contributed by atoms with van der Waals surface area (Å²) in [5.41, 5.74) is -0.733. The summed E-state index contributed by atoms with van der Waals surface area (Å²) < 4.78 is 30.5. The Morgan fingerprint density at radius 1 is 1.13 bits per heavy atom. The van der Waals surface area contributed by atoms with Crippen molar-refractivity contribution in [3.8, 4) is 5.75 Å². The molecule has 2 aliphatic rings. The van der Waals surface area contributed by atoms with Crippen LogP contribution in [0.5, 0.6) is 5.75 Å². The molecular formula is C28H33F2N3O5. The van der Waals surface area contributed by atoms with Gasteiger partial charge in [-0.15, -0.1) is 0 Å². The Bertz CT molecular complexity index is 1240. The third-order valence-corrected chi connectivity index (χ3v) is 7.64. The number of alkyl halides is 2. The quantitative estimate of drug-likeness (QED) is 0.456. The van der Waals surface area contributed by atoms with Crippen LogP contribution in [0.2, 0.25) is 0 Å². The van der Waals surface area contributed by atoms with Crippen molar-refractivity contribution in [3.63, 3.8) is 0 Å². The number of β-lactam (4-membered cyclic amide) rings is 1. The Morgan fingerprint density at radius 2 is 1.79 bits per heavy atom. The molecule has 2 saturated heterocycles. The smallest absolute Gasteiger partial charge is 0.290 e. The van der Waals surface area contributed by atoms with E-state index in [0.717, 1.165) is 9.80 Å². The lowest BCUT2D eigenvalue weighted by Gasteiger charge is -2.55. The number of aliphatic hydroxyl groups excluding tert-OH is 1. The van der Waals surface area contributed by atoms with Crippen molar-refractivity contribution in [2.45, 2.75) is 63.8 Å². The predicted molar refractivity (Wildman–Crippen MR) is 136 cm³/mol. The van der Waals surface area contributed by atoms with Crippen LogP contribution < -0.4 is 5.32 Å². The van der Waals surface area contributed by atoms with Gasteiger partial charge in [0, 0.05) is 17.7 Å². The zero-order valence-corrected chi connectivity index (χ0v) is 21.8. The molecule has 2 heterocycles. The van der Waals surface area contributed by atoms with E-state index in [2.05, 4.69) is 5.32 Å². The Morgan fingerprint density at radius 3 is 2.42 bits per heavy atom. The van der Waals surface area contributed by atoms with Crippen molar-refractivity contribution in [1.82, 2.24) is 15.1 Å². The number of aliphatic hydroxyl groups is 1. The molecule has 2 aliphatic heterocycles. The number of aromatic hydroxyl groups is 1. The number of nitrogens with zero attached hydrogens (tertiary/aromatic N) is 2. The molecular weight excluding hydrogens is 496 g/mol. The number of fused-ring (bicyclic) bond motifs is 1. The van der Waals surface area contributed by atoms with E-state index in [1.54, 1.807) is 37.3 Å². The molecule has 4 rings (SSSR count). The molecule has 8 nitrogen and oxygen atoms in total. The maximum atomic E-state index is 15.3. The summed E-state index contributed by atoms with van der Waals surface area (Å²) >= 11 is 0. The van der Waals surface area contributed by atoms with Crippen LogP contribution in [0.15, 0.2) is 48.5 Å². The van der Waals surface area contributed by atoms with E-state index >= 15 is 8.78 Å². The number of phenols is 1. The van der Waals surface area contributed by atoms with Gasteiger partial charge in [0.2, 0.25) is 5.91 Å². The fraction of sp³-hybridized carbons (Fsp3) is 0.464. The number of phenolic OH excluding ortho intramolecular Hbond substituents is 1. The van der Waals surface area contributed by atoms with E-state index in [1.165, 1.54) is 25.1 Å². The summed E-state index contributed by atoms with van der Waals surface area (Å²) in [6.07, 6.45) is -1.88. The average molecular weight is 530 g/mol. The third-order valence-electron chi connectivity index (χ3n) is 7.64. The lowest BCUT2D eigenvalue weighted by molar-refractivity contribution is -0.192. The zero-order valence-electron chi connectivity index (χ0n) is 21.8. The summed E-state index contributed by atoms with van der Waals surface area (Å²) in [6.45, 7) is 5.57. The molecule has 2 fully saturated rings. The fourth-order valence-electron chi connectivity index (χ4n) is 5.42. The van der Waals surface area contributed by atoms with Crippen molar-refractivity contribution in [3.05, 3.63) is 65.2 Å². The van der Waals surface area contributed by atoms with Gasteiger partial charge in [-0.1, -0.05) is 50.2 Å². The van der Waals surface area contributed by atoms with Gasteiger partial charge < -0.3 is 25.3 Å². The maximum absolute atomic E-state index is 15.3. The van der Waals surface area contributed by atoms with E-state index in [1.807, 2.05) is 13.8 Å². The normalized spacial score (nSPS) is 23.6. The molecule has 38 heavy (non-hydrogen) atoms. The predicted octanol–water partition coefficient (Wildman–Crippen LogP) is 2.51. The molecule has 0 bridgehead atoms. The largest absolute Gasteiger partial charge is 0.508 e. The van der Waals surface area contributed by atoms with Gasteiger partial charge in [-0.3, -0.25) is 14.4 Å². The molecule has 0 radical (unpaired) electrons. The number of hydrogen-bond acceptors (Lipinski definition) is 5. The summed E-state index contributed by atoms with van der Waals surface area (Å²) in [7, 11) is 0. The number of carbonyl (C=O) groups excluding carboxylic acids is 3. The number of hydrogen-bond donors (Lipinski definition) is 3. The zero-order chi connectivity index (χ0) is 28.0. The Labute approximate surface area is 220 Å². The van der Waals surface area contributed by atoms with Crippen LogP contribution in [0.4, 0.5) is 8.78 Å². The first-order valence-electron chi connectivity index (χ1n) is 12.6. The van der Waals surface area contributed by atoms with Crippen molar-refractivity contribution >= 4 is 17.7 Å². The van der Waals surface area contributed by atoms with Crippen molar-refractivity contribution in [1.29, 1.82) is 0 Å². The van der Waals surface area contributed by atoms with Crippen LogP contribution >= 0.6 is 0 Å².